The summed E-state index contributed by atoms with van der Waals surface area (Å²) < 4.78 is 5.29. The average molecular weight is 304 g/mol. The number of nitrogens with one attached hydrogen (secondary N) is 1. The number of hydrogen-bond donors (Lipinski definition) is 2. The first-order chi connectivity index (χ1) is 10.5. The van der Waals surface area contributed by atoms with Crippen molar-refractivity contribution in [3.8, 4) is 5.75 Å². The minimum atomic E-state index is -0.585. The monoisotopic (exact) mass is 304 g/mol. The Morgan fingerprint density at radius 3 is 2.68 bits per heavy atom. The molecule has 1 heterocycles. The van der Waals surface area contributed by atoms with E-state index in [1.54, 1.807) is 13.2 Å². The number of Topliss-reactive ketones (excluding diaryl/α,β-unsaturated/α-hetero) is 1. The fourth-order valence-corrected chi connectivity index (χ4v) is 2.90. The SMILES string of the molecule is CCC(C)C(=O)c1c(C(N)=O)cc(OC)cc1C1CCNC1. The first-order valence-corrected chi connectivity index (χ1v) is 7.76. The van der Waals surface area contributed by atoms with Gasteiger partial charge in [0.05, 0.1) is 12.7 Å². The number of methoxy groups -OCH3 is 1. The third-order valence-electron chi connectivity index (χ3n) is 4.45. The zero-order valence-electron chi connectivity index (χ0n) is 13.4. The molecular formula is C17H24N2O3. The van der Waals surface area contributed by atoms with Crippen molar-refractivity contribution in [3.63, 3.8) is 0 Å². The molecule has 0 saturated carbocycles. The van der Waals surface area contributed by atoms with E-state index in [-0.39, 0.29) is 23.2 Å². The second kappa shape index (κ2) is 6.92. The highest BCUT2D eigenvalue weighted by Gasteiger charge is 2.29. The Labute approximate surface area is 131 Å². The summed E-state index contributed by atoms with van der Waals surface area (Å²) in [5, 5.41) is 3.30. The van der Waals surface area contributed by atoms with Gasteiger partial charge in [0.2, 0.25) is 5.91 Å². The van der Waals surface area contributed by atoms with E-state index in [2.05, 4.69) is 5.32 Å². The topological polar surface area (TPSA) is 81.4 Å². The van der Waals surface area contributed by atoms with E-state index < -0.39 is 5.91 Å². The molecular weight excluding hydrogens is 280 g/mol. The van der Waals surface area contributed by atoms with Crippen molar-refractivity contribution < 1.29 is 14.3 Å². The van der Waals surface area contributed by atoms with Gasteiger partial charge in [0.25, 0.3) is 0 Å². The summed E-state index contributed by atoms with van der Waals surface area (Å²) in [4.78, 5) is 24.7. The van der Waals surface area contributed by atoms with E-state index in [0.717, 1.165) is 31.5 Å². The van der Waals surface area contributed by atoms with Gasteiger partial charge < -0.3 is 15.8 Å². The highest BCUT2D eigenvalue weighted by atomic mass is 16.5. The van der Waals surface area contributed by atoms with E-state index in [4.69, 9.17) is 10.5 Å². The Morgan fingerprint density at radius 1 is 1.45 bits per heavy atom. The molecule has 0 spiro atoms. The minimum absolute atomic E-state index is 0.0131. The maximum atomic E-state index is 12.8. The van der Waals surface area contributed by atoms with Crippen molar-refractivity contribution in [1.29, 1.82) is 0 Å². The zero-order valence-corrected chi connectivity index (χ0v) is 13.4. The van der Waals surface area contributed by atoms with Crippen molar-refractivity contribution >= 4 is 11.7 Å². The highest BCUT2D eigenvalue weighted by molar-refractivity contribution is 6.09. The van der Waals surface area contributed by atoms with Crippen LogP contribution in [0.25, 0.3) is 0 Å². The number of amides is 1. The lowest BCUT2D eigenvalue weighted by Gasteiger charge is -2.20. The minimum Gasteiger partial charge on any atom is -0.497 e. The summed E-state index contributed by atoms with van der Waals surface area (Å²) in [7, 11) is 1.55. The third kappa shape index (κ3) is 3.14. The van der Waals surface area contributed by atoms with Gasteiger partial charge in [-0.1, -0.05) is 13.8 Å². The molecule has 22 heavy (non-hydrogen) atoms. The Morgan fingerprint density at radius 2 is 2.18 bits per heavy atom. The molecule has 1 aliphatic rings. The van der Waals surface area contributed by atoms with Gasteiger partial charge in [-0.05, 0) is 43.0 Å². The number of nitrogens with two attached hydrogens (primary N) is 1. The number of rotatable bonds is 6. The molecule has 0 bridgehead atoms. The number of ether oxygens (including phenoxy) is 1. The summed E-state index contributed by atoms with van der Waals surface area (Å²) in [6, 6.07) is 3.45. The van der Waals surface area contributed by atoms with Crippen molar-refractivity contribution in [2.75, 3.05) is 20.2 Å². The van der Waals surface area contributed by atoms with Gasteiger partial charge in [0, 0.05) is 18.0 Å². The molecule has 0 aromatic heterocycles. The van der Waals surface area contributed by atoms with Crippen LogP contribution < -0.4 is 15.8 Å². The average Bonchev–Trinajstić information content (AvgIpc) is 3.06. The van der Waals surface area contributed by atoms with Gasteiger partial charge in [0.15, 0.2) is 5.78 Å². The molecule has 5 nitrogen and oxygen atoms in total. The van der Waals surface area contributed by atoms with Crippen LogP contribution in [-0.2, 0) is 0 Å². The normalized spacial score (nSPS) is 19.0. The maximum absolute atomic E-state index is 12.8. The molecule has 1 aromatic carbocycles. The van der Waals surface area contributed by atoms with Crippen LogP contribution in [0.3, 0.4) is 0 Å². The number of ketones is 1. The van der Waals surface area contributed by atoms with Gasteiger partial charge in [-0.15, -0.1) is 0 Å². The fourth-order valence-electron chi connectivity index (χ4n) is 2.90. The second-order valence-corrected chi connectivity index (χ2v) is 5.87. The Kier molecular flexibility index (Phi) is 5.19. The quantitative estimate of drug-likeness (QED) is 0.789. The summed E-state index contributed by atoms with van der Waals surface area (Å²) in [6.45, 7) is 5.55. The van der Waals surface area contributed by atoms with E-state index in [0.29, 0.717) is 11.3 Å². The van der Waals surface area contributed by atoms with Crippen LogP contribution in [-0.4, -0.2) is 31.9 Å². The molecule has 2 rings (SSSR count). The fraction of sp³-hybridized carbons (Fsp3) is 0.529. The largest absolute Gasteiger partial charge is 0.497 e. The predicted octanol–water partition coefficient (Wildman–Crippen LogP) is 2.10. The molecule has 1 amide bonds. The molecule has 2 unspecified atom stereocenters. The molecule has 1 saturated heterocycles. The number of carbonyl (C=O) groups excluding carboxylic acids is 2. The van der Waals surface area contributed by atoms with E-state index in [1.165, 1.54) is 0 Å². The van der Waals surface area contributed by atoms with Crippen LogP contribution >= 0.6 is 0 Å². The number of primary amides is 1. The van der Waals surface area contributed by atoms with Gasteiger partial charge in [-0.2, -0.15) is 0 Å². The lowest BCUT2D eigenvalue weighted by molar-refractivity contribution is 0.0912. The van der Waals surface area contributed by atoms with Crippen LogP contribution in [0.4, 0.5) is 0 Å². The number of benzene rings is 1. The molecule has 5 heteroatoms. The van der Waals surface area contributed by atoms with Gasteiger partial charge in [0.1, 0.15) is 5.75 Å². The van der Waals surface area contributed by atoms with Crippen molar-refractivity contribution in [3.05, 3.63) is 28.8 Å². The molecule has 120 valence electrons. The van der Waals surface area contributed by atoms with Crippen LogP contribution in [0.2, 0.25) is 0 Å². The van der Waals surface area contributed by atoms with E-state index >= 15 is 0 Å². The molecule has 2 atom stereocenters. The highest BCUT2D eigenvalue weighted by Crippen LogP contribution is 2.33. The molecule has 1 aromatic rings. The molecule has 0 radical (unpaired) electrons. The van der Waals surface area contributed by atoms with Crippen molar-refractivity contribution in [2.45, 2.75) is 32.6 Å². The standard InChI is InChI=1S/C17H24N2O3/c1-4-10(2)16(20)15-13(11-5-6-19-9-11)7-12(22-3)8-14(15)17(18)21/h7-8,10-11,19H,4-6,9H2,1-3H3,(H2,18,21). The van der Waals surface area contributed by atoms with Gasteiger partial charge in [-0.25, -0.2) is 0 Å². The lowest BCUT2D eigenvalue weighted by atomic mass is 9.84. The van der Waals surface area contributed by atoms with Crippen LogP contribution in [0, 0.1) is 5.92 Å². The van der Waals surface area contributed by atoms with Crippen molar-refractivity contribution in [1.82, 2.24) is 5.32 Å². The van der Waals surface area contributed by atoms with Crippen LogP contribution in [0.5, 0.6) is 5.75 Å². The third-order valence-corrected chi connectivity index (χ3v) is 4.45. The first-order valence-electron chi connectivity index (χ1n) is 7.76. The summed E-state index contributed by atoms with van der Waals surface area (Å²) in [5.74, 6) is 0.0332. The molecule has 0 aliphatic carbocycles. The molecule has 1 aliphatic heterocycles. The predicted molar refractivity (Wildman–Crippen MR) is 85.5 cm³/mol. The second-order valence-electron chi connectivity index (χ2n) is 5.87. The Hall–Kier alpha value is -1.88. The van der Waals surface area contributed by atoms with Gasteiger partial charge in [-0.3, -0.25) is 9.59 Å². The van der Waals surface area contributed by atoms with Crippen LogP contribution in [0.1, 0.15) is 58.9 Å². The lowest BCUT2D eigenvalue weighted by Crippen LogP contribution is -2.23. The Bertz CT molecular complexity index is 578. The molecule has 3 N–H and O–H groups in total. The summed E-state index contributed by atoms with van der Waals surface area (Å²) in [6.07, 6.45) is 1.66. The van der Waals surface area contributed by atoms with Crippen molar-refractivity contribution in [2.24, 2.45) is 11.7 Å². The summed E-state index contributed by atoms with van der Waals surface area (Å²) >= 11 is 0. The van der Waals surface area contributed by atoms with Gasteiger partial charge >= 0.3 is 0 Å². The number of hydrogen-bond acceptors (Lipinski definition) is 4. The smallest absolute Gasteiger partial charge is 0.249 e. The Balaban J connectivity index is 2.63. The zero-order chi connectivity index (χ0) is 16.3. The maximum Gasteiger partial charge on any atom is 0.249 e. The van der Waals surface area contributed by atoms with E-state index in [1.807, 2.05) is 19.9 Å². The molecule has 1 fully saturated rings. The van der Waals surface area contributed by atoms with Crippen LogP contribution in [0.15, 0.2) is 12.1 Å². The summed E-state index contributed by atoms with van der Waals surface area (Å²) in [5.41, 5.74) is 7.15. The first kappa shape index (κ1) is 16.5. The number of carbonyl (C=O) groups is 2. The van der Waals surface area contributed by atoms with E-state index in [9.17, 15) is 9.59 Å².